The van der Waals surface area contributed by atoms with Crippen LogP contribution in [0.5, 0.6) is 0 Å². The summed E-state index contributed by atoms with van der Waals surface area (Å²) in [7, 11) is 0. The van der Waals surface area contributed by atoms with E-state index in [9.17, 15) is 4.79 Å². The van der Waals surface area contributed by atoms with Gasteiger partial charge in [-0.2, -0.15) is 0 Å². The van der Waals surface area contributed by atoms with Crippen LogP contribution in [-0.2, 0) is 16.6 Å². The molecule has 0 N–H and O–H groups in total. The van der Waals surface area contributed by atoms with Crippen LogP contribution in [0.4, 0.5) is 0 Å². The Morgan fingerprint density at radius 3 is 2.44 bits per heavy atom. The summed E-state index contributed by atoms with van der Waals surface area (Å²) in [6.45, 7) is 0.908. The molecule has 0 bridgehead atoms. The molecule has 0 aromatic heterocycles. The van der Waals surface area contributed by atoms with Crippen molar-refractivity contribution in [3.8, 4) is 0 Å². The molecule has 0 saturated carbocycles. The Kier molecular flexibility index (Phi) is 3.34. The summed E-state index contributed by atoms with van der Waals surface area (Å²) in [6.07, 6.45) is 5.46. The maximum atomic E-state index is 13.7. The third kappa shape index (κ3) is 2.06. The van der Waals surface area contributed by atoms with Crippen molar-refractivity contribution < 1.29 is 4.79 Å². The molecule has 2 atom stereocenters. The van der Waals surface area contributed by atoms with Gasteiger partial charge in [-0.25, -0.2) is 0 Å². The fourth-order valence-corrected chi connectivity index (χ4v) is 5.32. The van der Waals surface area contributed by atoms with Crippen LogP contribution in [0, 0.1) is 5.92 Å². The predicted octanol–water partition coefficient (Wildman–Crippen LogP) is 4.47. The third-order valence-electron chi connectivity index (χ3n) is 6.37. The Hall–Kier alpha value is -2.35. The van der Waals surface area contributed by atoms with E-state index in [-0.39, 0.29) is 0 Å². The Bertz CT molecular complexity index is 839. The molecule has 1 amide bonds. The first kappa shape index (κ1) is 14.9. The van der Waals surface area contributed by atoms with Gasteiger partial charge in [0, 0.05) is 18.2 Å². The van der Waals surface area contributed by atoms with Gasteiger partial charge in [0.25, 0.3) is 0 Å². The first-order valence-electron chi connectivity index (χ1n) is 9.45. The molecular formula is C23H23NO. The van der Waals surface area contributed by atoms with Crippen molar-refractivity contribution in [2.24, 2.45) is 5.92 Å². The molecule has 25 heavy (non-hydrogen) atoms. The van der Waals surface area contributed by atoms with E-state index in [2.05, 4.69) is 53.4 Å². The first-order chi connectivity index (χ1) is 12.3. The zero-order chi connectivity index (χ0) is 16.9. The lowest BCUT2D eigenvalue weighted by Crippen LogP contribution is -2.42. The SMILES string of the molecule is O=C1N2CCC3CCCC(=C32)C1(Cc1ccccc1)c1ccccc1. The molecule has 1 saturated heterocycles. The number of benzene rings is 2. The molecule has 5 rings (SSSR count). The number of hydrogen-bond donors (Lipinski definition) is 0. The minimum absolute atomic E-state index is 0.317. The van der Waals surface area contributed by atoms with Gasteiger partial charge in [-0.15, -0.1) is 0 Å². The van der Waals surface area contributed by atoms with Gasteiger partial charge < -0.3 is 4.90 Å². The fourth-order valence-electron chi connectivity index (χ4n) is 5.32. The highest BCUT2D eigenvalue weighted by molar-refractivity contribution is 5.97. The van der Waals surface area contributed by atoms with Gasteiger partial charge in [0.05, 0.1) is 0 Å². The van der Waals surface area contributed by atoms with Crippen LogP contribution < -0.4 is 0 Å². The highest BCUT2D eigenvalue weighted by Gasteiger charge is 2.56. The summed E-state index contributed by atoms with van der Waals surface area (Å²) in [5.74, 6) is 0.922. The Balaban J connectivity index is 1.72. The van der Waals surface area contributed by atoms with E-state index in [1.807, 2.05) is 12.1 Å². The topological polar surface area (TPSA) is 20.3 Å². The van der Waals surface area contributed by atoms with Crippen LogP contribution in [0.1, 0.15) is 36.8 Å². The van der Waals surface area contributed by atoms with Crippen LogP contribution in [0.2, 0.25) is 0 Å². The smallest absolute Gasteiger partial charge is 0.241 e. The number of carbonyl (C=O) groups excluding carboxylic acids is 1. The van der Waals surface area contributed by atoms with Crippen molar-refractivity contribution in [1.29, 1.82) is 0 Å². The standard InChI is InChI=1S/C23H23NO/c25-22-23(19-11-5-2-6-12-19,16-17-8-3-1-4-9-17)20-13-7-10-18-14-15-24(22)21(18)20/h1-6,8-9,11-12,18H,7,10,13-16H2. The molecule has 1 aliphatic carbocycles. The second-order valence-corrected chi connectivity index (χ2v) is 7.63. The fraction of sp³-hybridized carbons (Fsp3) is 0.348. The summed E-state index contributed by atoms with van der Waals surface area (Å²) < 4.78 is 0. The van der Waals surface area contributed by atoms with Crippen LogP contribution in [0.3, 0.4) is 0 Å². The average molecular weight is 329 g/mol. The van der Waals surface area contributed by atoms with Crippen molar-refractivity contribution in [2.75, 3.05) is 6.54 Å². The summed E-state index contributed by atoms with van der Waals surface area (Å²) in [4.78, 5) is 15.9. The number of amides is 1. The van der Waals surface area contributed by atoms with Gasteiger partial charge in [0.15, 0.2) is 0 Å². The lowest BCUT2D eigenvalue weighted by Gasteiger charge is -2.34. The van der Waals surface area contributed by atoms with Crippen LogP contribution >= 0.6 is 0 Å². The van der Waals surface area contributed by atoms with E-state index in [0.717, 1.165) is 25.8 Å². The van der Waals surface area contributed by atoms with Gasteiger partial charge in [-0.3, -0.25) is 4.79 Å². The van der Waals surface area contributed by atoms with Crippen molar-refractivity contribution >= 4 is 5.91 Å². The summed E-state index contributed by atoms with van der Waals surface area (Å²) >= 11 is 0. The molecule has 2 aliphatic heterocycles. The molecule has 2 heteroatoms. The first-order valence-corrected chi connectivity index (χ1v) is 9.45. The van der Waals surface area contributed by atoms with Crippen molar-refractivity contribution in [3.05, 3.63) is 83.1 Å². The lowest BCUT2D eigenvalue weighted by atomic mass is 9.67. The molecule has 126 valence electrons. The summed E-state index contributed by atoms with van der Waals surface area (Å²) in [5, 5.41) is 0. The minimum Gasteiger partial charge on any atom is -0.315 e. The minimum atomic E-state index is -0.489. The molecule has 2 heterocycles. The third-order valence-corrected chi connectivity index (χ3v) is 6.37. The van der Waals surface area contributed by atoms with Crippen molar-refractivity contribution in [1.82, 2.24) is 4.90 Å². The van der Waals surface area contributed by atoms with Gasteiger partial charge >= 0.3 is 0 Å². The number of carbonyl (C=O) groups is 1. The summed E-state index contributed by atoms with van der Waals surface area (Å²) in [5.41, 5.74) is 4.73. The highest BCUT2D eigenvalue weighted by atomic mass is 16.2. The quantitative estimate of drug-likeness (QED) is 0.814. The van der Waals surface area contributed by atoms with E-state index in [1.165, 1.54) is 35.2 Å². The molecule has 2 aromatic rings. The van der Waals surface area contributed by atoms with E-state index in [1.54, 1.807) is 0 Å². The van der Waals surface area contributed by atoms with Gasteiger partial charge in [-0.1, -0.05) is 60.7 Å². The maximum Gasteiger partial charge on any atom is 0.241 e. The average Bonchev–Trinajstić information content (AvgIpc) is 3.20. The Morgan fingerprint density at radius 2 is 1.68 bits per heavy atom. The van der Waals surface area contributed by atoms with Crippen molar-refractivity contribution in [3.63, 3.8) is 0 Å². The lowest BCUT2D eigenvalue weighted by molar-refractivity contribution is -0.131. The highest BCUT2D eigenvalue weighted by Crippen LogP contribution is 2.54. The summed E-state index contributed by atoms with van der Waals surface area (Å²) in [6, 6.07) is 21.0. The zero-order valence-corrected chi connectivity index (χ0v) is 14.4. The van der Waals surface area contributed by atoms with Crippen LogP contribution in [0.15, 0.2) is 71.9 Å². The van der Waals surface area contributed by atoms with Gasteiger partial charge in [0.2, 0.25) is 5.91 Å². The molecule has 2 unspecified atom stereocenters. The molecular weight excluding hydrogens is 306 g/mol. The second kappa shape index (κ2) is 5.59. The predicted molar refractivity (Wildman–Crippen MR) is 99.0 cm³/mol. The number of rotatable bonds is 3. The second-order valence-electron chi connectivity index (χ2n) is 7.63. The molecule has 0 spiro atoms. The van der Waals surface area contributed by atoms with Crippen LogP contribution in [0.25, 0.3) is 0 Å². The molecule has 1 fully saturated rings. The zero-order valence-electron chi connectivity index (χ0n) is 14.4. The largest absolute Gasteiger partial charge is 0.315 e. The van der Waals surface area contributed by atoms with Crippen molar-refractivity contribution in [2.45, 2.75) is 37.5 Å². The number of hydrogen-bond acceptors (Lipinski definition) is 1. The van der Waals surface area contributed by atoms with E-state index in [4.69, 9.17) is 0 Å². The molecule has 3 aliphatic rings. The van der Waals surface area contributed by atoms with Gasteiger partial charge in [0.1, 0.15) is 5.41 Å². The normalized spacial score (nSPS) is 27.8. The number of allylic oxidation sites excluding steroid dienone is 1. The number of nitrogens with zero attached hydrogens (tertiary/aromatic N) is 1. The van der Waals surface area contributed by atoms with E-state index < -0.39 is 5.41 Å². The monoisotopic (exact) mass is 329 g/mol. The Morgan fingerprint density at radius 1 is 0.960 bits per heavy atom. The Labute approximate surface area is 149 Å². The van der Waals surface area contributed by atoms with E-state index >= 15 is 0 Å². The molecule has 2 nitrogen and oxygen atoms in total. The van der Waals surface area contributed by atoms with Crippen LogP contribution in [-0.4, -0.2) is 17.4 Å². The van der Waals surface area contributed by atoms with E-state index in [0.29, 0.717) is 11.8 Å². The maximum absolute atomic E-state index is 13.7. The molecule has 0 radical (unpaired) electrons. The molecule has 2 aromatic carbocycles. The van der Waals surface area contributed by atoms with Gasteiger partial charge in [-0.05, 0) is 48.8 Å².